The number of hydrogen-bond donors (Lipinski definition) is 1. The first kappa shape index (κ1) is 22.1. The topological polar surface area (TPSA) is 101 Å². The van der Waals surface area contributed by atoms with E-state index in [1.54, 1.807) is 30.3 Å². The number of rotatable bonds is 7. The van der Waals surface area contributed by atoms with Crippen molar-refractivity contribution < 1.29 is 19.1 Å². The number of thioether (sulfide) groups is 1. The molecule has 1 aromatic carbocycles. The number of nitrogens with zero attached hydrogens (tertiary/aromatic N) is 3. The Labute approximate surface area is 186 Å². The minimum absolute atomic E-state index is 0.183. The van der Waals surface area contributed by atoms with Crippen molar-refractivity contribution in [2.75, 3.05) is 19.0 Å². The molecule has 2 aromatic rings. The highest BCUT2D eigenvalue weighted by molar-refractivity contribution is 8.26. The molecule has 1 aliphatic rings. The van der Waals surface area contributed by atoms with Gasteiger partial charge in [-0.1, -0.05) is 47.4 Å². The van der Waals surface area contributed by atoms with Crippen molar-refractivity contribution in [3.8, 4) is 0 Å². The van der Waals surface area contributed by atoms with E-state index in [0.717, 1.165) is 10.6 Å². The summed E-state index contributed by atoms with van der Waals surface area (Å²) in [6, 6.07) is 6.74. The highest BCUT2D eigenvalue weighted by Crippen LogP contribution is 2.32. The van der Waals surface area contributed by atoms with E-state index in [9.17, 15) is 14.4 Å². The fourth-order valence-corrected chi connectivity index (χ4v) is 4.52. The van der Waals surface area contributed by atoms with Gasteiger partial charge >= 0.3 is 5.97 Å². The molecule has 1 aromatic heterocycles. The molecule has 0 spiro atoms. The van der Waals surface area contributed by atoms with Crippen molar-refractivity contribution in [2.45, 2.75) is 19.8 Å². The van der Waals surface area contributed by atoms with Gasteiger partial charge in [0.05, 0.1) is 17.6 Å². The molecule has 0 aliphatic carbocycles. The van der Waals surface area contributed by atoms with Gasteiger partial charge in [-0.2, -0.15) is 0 Å². The maximum Gasteiger partial charge on any atom is 0.337 e. The molecule has 0 bridgehead atoms. The van der Waals surface area contributed by atoms with Crippen LogP contribution in [0.3, 0.4) is 0 Å². The van der Waals surface area contributed by atoms with Crippen LogP contribution in [-0.2, 0) is 14.3 Å². The number of anilines is 1. The molecular weight excluding hydrogens is 444 g/mol. The Hall–Kier alpha value is -2.63. The lowest BCUT2D eigenvalue weighted by Crippen LogP contribution is -2.29. The van der Waals surface area contributed by atoms with Gasteiger partial charge < -0.3 is 10.1 Å². The summed E-state index contributed by atoms with van der Waals surface area (Å²) < 4.78 is 5.13. The number of esters is 1. The third-order valence-corrected chi connectivity index (χ3v) is 6.19. The highest BCUT2D eigenvalue weighted by Gasteiger charge is 2.31. The molecule has 30 heavy (non-hydrogen) atoms. The molecular formula is C19H18N4O4S3. The maximum absolute atomic E-state index is 12.7. The Balaban J connectivity index is 1.54. The summed E-state index contributed by atoms with van der Waals surface area (Å²) in [7, 11) is 1.32. The zero-order valence-electron chi connectivity index (χ0n) is 16.2. The second-order valence-electron chi connectivity index (χ2n) is 6.22. The minimum Gasteiger partial charge on any atom is -0.465 e. The van der Waals surface area contributed by atoms with Crippen molar-refractivity contribution in [1.29, 1.82) is 0 Å². The van der Waals surface area contributed by atoms with Crippen LogP contribution in [0, 0.1) is 6.92 Å². The normalized spacial score (nSPS) is 15.0. The lowest BCUT2D eigenvalue weighted by molar-refractivity contribution is -0.122. The Morgan fingerprint density at radius 3 is 2.63 bits per heavy atom. The lowest BCUT2D eigenvalue weighted by atomic mass is 10.1. The van der Waals surface area contributed by atoms with Crippen LogP contribution in [0.1, 0.15) is 33.8 Å². The molecule has 2 amide bonds. The Morgan fingerprint density at radius 1 is 1.27 bits per heavy atom. The van der Waals surface area contributed by atoms with E-state index in [1.807, 2.05) is 6.92 Å². The number of ether oxygens (including phenoxy) is 1. The number of methoxy groups -OCH3 is 1. The second-order valence-corrected chi connectivity index (χ2v) is 9.08. The van der Waals surface area contributed by atoms with Gasteiger partial charge in [-0.3, -0.25) is 14.5 Å². The monoisotopic (exact) mass is 462 g/mol. The van der Waals surface area contributed by atoms with Crippen molar-refractivity contribution >= 4 is 68.6 Å². The summed E-state index contributed by atoms with van der Waals surface area (Å²) in [5.74, 6) is -0.793. The van der Waals surface area contributed by atoms with Crippen LogP contribution in [0.2, 0.25) is 0 Å². The molecule has 1 saturated heterocycles. The standard InChI is InChI=1S/C19H18N4O4S3/c1-11-21-22-18(29-11)20-15(24)4-3-9-23-16(25)14(30-19(23)28)10-12-5-7-13(8-6-12)17(26)27-2/h5-8,10H,3-4,9H2,1-2H3,(H,20,22,24)/b14-10-. The number of carbonyl (C=O) groups excluding carboxylic acids is 3. The van der Waals surface area contributed by atoms with Gasteiger partial charge in [0.25, 0.3) is 5.91 Å². The summed E-state index contributed by atoms with van der Waals surface area (Å²) in [6.45, 7) is 2.16. The molecule has 3 rings (SSSR count). The van der Waals surface area contributed by atoms with Gasteiger partial charge in [0, 0.05) is 13.0 Å². The number of aryl methyl sites for hydroxylation is 1. The molecule has 11 heteroatoms. The number of benzene rings is 1. The molecule has 8 nitrogen and oxygen atoms in total. The summed E-state index contributed by atoms with van der Waals surface area (Å²) in [5.41, 5.74) is 1.21. The molecule has 2 heterocycles. The molecule has 1 aliphatic heterocycles. The van der Waals surface area contributed by atoms with E-state index >= 15 is 0 Å². The number of hydrogen-bond acceptors (Lipinski definition) is 9. The predicted molar refractivity (Wildman–Crippen MR) is 120 cm³/mol. The van der Waals surface area contributed by atoms with Crippen molar-refractivity contribution in [1.82, 2.24) is 15.1 Å². The van der Waals surface area contributed by atoms with Crippen LogP contribution in [0.25, 0.3) is 6.08 Å². The van der Waals surface area contributed by atoms with E-state index in [2.05, 4.69) is 20.3 Å². The van der Waals surface area contributed by atoms with E-state index in [1.165, 1.54) is 35.1 Å². The molecule has 0 saturated carbocycles. The Morgan fingerprint density at radius 2 is 2.00 bits per heavy atom. The largest absolute Gasteiger partial charge is 0.465 e. The van der Waals surface area contributed by atoms with Gasteiger partial charge in [0.2, 0.25) is 11.0 Å². The van der Waals surface area contributed by atoms with Gasteiger partial charge in [-0.05, 0) is 37.1 Å². The average molecular weight is 463 g/mol. The van der Waals surface area contributed by atoms with Crippen LogP contribution >= 0.6 is 35.3 Å². The number of carbonyl (C=O) groups is 3. The van der Waals surface area contributed by atoms with Crippen molar-refractivity contribution in [2.24, 2.45) is 0 Å². The van der Waals surface area contributed by atoms with Crippen LogP contribution < -0.4 is 5.32 Å². The summed E-state index contributed by atoms with van der Waals surface area (Å²) in [5, 5.41) is 11.6. The van der Waals surface area contributed by atoms with Crippen molar-refractivity contribution in [3.05, 3.63) is 45.3 Å². The van der Waals surface area contributed by atoms with Gasteiger partial charge in [-0.15, -0.1) is 10.2 Å². The molecule has 1 N–H and O–H groups in total. The molecule has 0 unspecified atom stereocenters. The van der Waals surface area contributed by atoms with Crippen LogP contribution in [0.4, 0.5) is 5.13 Å². The summed E-state index contributed by atoms with van der Waals surface area (Å²) in [4.78, 5) is 38.2. The minimum atomic E-state index is -0.418. The number of aromatic nitrogens is 2. The first-order valence-electron chi connectivity index (χ1n) is 8.91. The SMILES string of the molecule is COC(=O)c1ccc(/C=C2\SC(=S)N(CCCC(=O)Nc3nnc(C)s3)C2=O)cc1. The zero-order chi connectivity index (χ0) is 21.7. The third kappa shape index (κ3) is 5.49. The molecule has 0 atom stereocenters. The maximum atomic E-state index is 12.7. The highest BCUT2D eigenvalue weighted by atomic mass is 32.2. The first-order chi connectivity index (χ1) is 14.4. The number of nitrogens with one attached hydrogen (secondary N) is 1. The quantitative estimate of drug-likeness (QED) is 0.380. The average Bonchev–Trinajstić information content (AvgIpc) is 3.25. The first-order valence-corrected chi connectivity index (χ1v) is 10.9. The van der Waals surface area contributed by atoms with E-state index < -0.39 is 5.97 Å². The van der Waals surface area contributed by atoms with Crippen LogP contribution in [0.15, 0.2) is 29.2 Å². The third-order valence-electron chi connectivity index (χ3n) is 4.06. The van der Waals surface area contributed by atoms with E-state index in [-0.39, 0.29) is 18.2 Å². The van der Waals surface area contributed by atoms with Crippen molar-refractivity contribution in [3.63, 3.8) is 0 Å². The fourth-order valence-electron chi connectivity index (χ4n) is 2.60. The zero-order valence-corrected chi connectivity index (χ0v) is 18.7. The van der Waals surface area contributed by atoms with Crippen LogP contribution in [-0.4, -0.2) is 50.9 Å². The fraction of sp³-hybridized carbons (Fsp3) is 0.263. The smallest absolute Gasteiger partial charge is 0.337 e. The molecule has 0 radical (unpaired) electrons. The van der Waals surface area contributed by atoms with E-state index in [0.29, 0.717) is 32.9 Å². The lowest BCUT2D eigenvalue weighted by Gasteiger charge is -2.13. The number of thiocarbonyl (C=S) groups is 1. The second kappa shape index (κ2) is 9.92. The Kier molecular flexibility index (Phi) is 7.29. The van der Waals surface area contributed by atoms with Crippen LogP contribution in [0.5, 0.6) is 0 Å². The number of amides is 2. The van der Waals surface area contributed by atoms with Gasteiger partial charge in [0.15, 0.2) is 0 Å². The summed E-state index contributed by atoms with van der Waals surface area (Å²) in [6.07, 6.45) is 2.44. The molecule has 156 valence electrons. The van der Waals surface area contributed by atoms with Gasteiger partial charge in [-0.25, -0.2) is 4.79 Å². The van der Waals surface area contributed by atoms with Gasteiger partial charge in [0.1, 0.15) is 9.33 Å². The molecule has 1 fully saturated rings. The summed E-state index contributed by atoms with van der Waals surface area (Å²) >= 11 is 7.84. The Bertz CT molecular complexity index is 1020. The van der Waals surface area contributed by atoms with E-state index in [4.69, 9.17) is 12.2 Å². The predicted octanol–water partition coefficient (Wildman–Crippen LogP) is 3.25.